The van der Waals surface area contributed by atoms with Gasteiger partial charge in [-0.15, -0.1) is 11.3 Å². The molecule has 4 atom stereocenters. The van der Waals surface area contributed by atoms with Crippen LogP contribution in [0.1, 0.15) is 82.0 Å². The normalized spacial score (nSPS) is 19.5. The highest BCUT2D eigenvalue weighted by Gasteiger charge is 2.43. The van der Waals surface area contributed by atoms with Crippen LogP contribution in [0, 0.1) is 12.8 Å². The van der Waals surface area contributed by atoms with E-state index >= 15 is 0 Å². The zero-order valence-electron chi connectivity index (χ0n) is 23.5. The number of rotatable bonds is 9. The van der Waals surface area contributed by atoms with Crippen molar-refractivity contribution in [3.8, 4) is 10.4 Å². The van der Waals surface area contributed by atoms with Crippen molar-refractivity contribution in [2.75, 3.05) is 13.2 Å². The summed E-state index contributed by atoms with van der Waals surface area (Å²) in [6.45, 7) is 11.2. The maximum atomic E-state index is 14.2. The molecule has 9 heteroatoms. The van der Waals surface area contributed by atoms with Crippen molar-refractivity contribution in [2.45, 2.75) is 83.8 Å². The molecule has 39 heavy (non-hydrogen) atoms. The maximum absolute atomic E-state index is 14.2. The van der Waals surface area contributed by atoms with Crippen LogP contribution in [0.15, 0.2) is 40.4 Å². The summed E-state index contributed by atoms with van der Waals surface area (Å²) in [5.41, 5.74) is 4.96. The van der Waals surface area contributed by atoms with Crippen molar-refractivity contribution >= 4 is 23.0 Å². The number of carbonyl (C=O) groups excluding carboxylic acids is 2. The molecule has 1 aliphatic heterocycles. The molecule has 1 aromatic carbocycles. The maximum Gasteiger partial charge on any atom is 0.234 e. The molecule has 1 aliphatic rings. The molecule has 2 aromatic heterocycles. The number of nitrogens with zero attached hydrogens (tertiary/aromatic N) is 3. The van der Waals surface area contributed by atoms with Crippen LogP contribution in [0.5, 0.6) is 0 Å². The molecule has 1 fully saturated rings. The number of ketones is 1. The first kappa shape index (κ1) is 29.1. The number of aliphatic hydroxyl groups excluding tert-OH is 1. The molecule has 4 rings (SSSR count). The third-order valence-corrected chi connectivity index (χ3v) is 8.47. The number of benzene rings is 1. The average molecular weight is 556 g/mol. The molecule has 0 bridgehead atoms. The number of halogens is 1. The predicted molar refractivity (Wildman–Crippen MR) is 150 cm³/mol. The number of hydrogen-bond donors (Lipinski definition) is 1. The Morgan fingerprint density at radius 3 is 2.46 bits per heavy atom. The van der Waals surface area contributed by atoms with Gasteiger partial charge in [0.25, 0.3) is 0 Å². The fraction of sp³-hybridized carbons (Fsp3) is 0.533. The first-order valence-corrected chi connectivity index (χ1v) is 14.3. The van der Waals surface area contributed by atoms with Gasteiger partial charge in [0.05, 0.1) is 40.6 Å². The number of Topliss-reactive ketones (excluding diaryl/α,β-unsaturated/α-hetero) is 1. The summed E-state index contributed by atoms with van der Waals surface area (Å²) in [4.78, 5) is 34.1. The van der Waals surface area contributed by atoms with E-state index in [2.05, 4.69) is 10.1 Å². The molecule has 3 heterocycles. The number of aliphatic hydroxyl groups is 1. The van der Waals surface area contributed by atoms with Crippen LogP contribution in [-0.2, 0) is 15.0 Å². The van der Waals surface area contributed by atoms with Crippen LogP contribution >= 0.6 is 11.3 Å². The zero-order valence-corrected chi connectivity index (χ0v) is 24.3. The number of β-amino-alcohol motifs (C(OH)–C–C–N with tert-alkyl or cyclic N) is 1. The Morgan fingerprint density at radius 2 is 1.92 bits per heavy atom. The summed E-state index contributed by atoms with van der Waals surface area (Å²) in [6, 6.07) is 8.55. The number of carbonyl (C=O) groups is 2. The fourth-order valence-corrected chi connectivity index (χ4v) is 6.00. The number of aromatic nitrogens is 2. The highest BCUT2D eigenvalue weighted by Crippen LogP contribution is 2.35. The Hall–Kier alpha value is -2.91. The summed E-state index contributed by atoms with van der Waals surface area (Å²) < 4.78 is 19.8. The summed E-state index contributed by atoms with van der Waals surface area (Å²) >= 11 is 1.55. The Labute approximate surface area is 233 Å². The third kappa shape index (κ3) is 6.30. The van der Waals surface area contributed by atoms with Gasteiger partial charge < -0.3 is 14.5 Å². The minimum Gasteiger partial charge on any atom is -0.391 e. The van der Waals surface area contributed by atoms with Crippen molar-refractivity contribution in [1.82, 2.24) is 15.0 Å². The van der Waals surface area contributed by atoms with E-state index in [9.17, 15) is 19.1 Å². The van der Waals surface area contributed by atoms with Crippen LogP contribution < -0.4 is 0 Å². The lowest BCUT2D eigenvalue weighted by molar-refractivity contribution is -0.140. The standard InChI is InChI=1S/C30H38FN3O4S/c1-17(2)27(25-13-26(33-38-25)30(4,5)6)29(37)34-15-22(35)12-23(34)24(36)11-21(14-31)19-7-9-20(10-8-19)28-18(3)32-16-39-28/h7-10,13,16-17,21-23,27,35H,11-12,14-15H2,1-6H3. The predicted octanol–water partition coefficient (Wildman–Crippen LogP) is 5.82. The van der Waals surface area contributed by atoms with Crippen molar-refractivity contribution < 1.29 is 23.6 Å². The van der Waals surface area contributed by atoms with Gasteiger partial charge in [-0.1, -0.05) is 64.0 Å². The minimum absolute atomic E-state index is 0.0561. The third-order valence-electron chi connectivity index (χ3n) is 7.49. The van der Waals surface area contributed by atoms with Crippen LogP contribution in [-0.4, -0.2) is 57.2 Å². The van der Waals surface area contributed by atoms with E-state index in [1.807, 2.05) is 71.9 Å². The van der Waals surface area contributed by atoms with Gasteiger partial charge in [-0.3, -0.25) is 14.0 Å². The Bertz CT molecular complexity index is 1290. The molecule has 0 spiro atoms. The summed E-state index contributed by atoms with van der Waals surface area (Å²) in [5, 5.41) is 14.6. The van der Waals surface area contributed by atoms with Crippen LogP contribution in [0.25, 0.3) is 10.4 Å². The second-order valence-electron chi connectivity index (χ2n) is 11.9. The molecule has 0 aliphatic carbocycles. The lowest BCUT2D eigenvalue weighted by Gasteiger charge is -2.29. The number of thiazole rings is 1. The van der Waals surface area contributed by atoms with Gasteiger partial charge in [0.2, 0.25) is 5.91 Å². The minimum atomic E-state index is -0.818. The van der Waals surface area contributed by atoms with Crippen LogP contribution in [0.2, 0.25) is 0 Å². The molecule has 7 nitrogen and oxygen atoms in total. The zero-order chi connectivity index (χ0) is 28.5. The van der Waals surface area contributed by atoms with Crippen molar-refractivity contribution in [3.63, 3.8) is 0 Å². The average Bonchev–Trinajstić information content (AvgIpc) is 3.62. The van der Waals surface area contributed by atoms with Crippen molar-refractivity contribution in [2.24, 2.45) is 5.92 Å². The van der Waals surface area contributed by atoms with Gasteiger partial charge >= 0.3 is 0 Å². The largest absolute Gasteiger partial charge is 0.391 e. The Kier molecular flexibility index (Phi) is 8.71. The quantitative estimate of drug-likeness (QED) is 0.358. The molecular formula is C30H38FN3O4S. The van der Waals surface area contributed by atoms with Crippen molar-refractivity contribution in [1.29, 1.82) is 0 Å². The first-order chi connectivity index (χ1) is 18.4. The van der Waals surface area contributed by atoms with Gasteiger partial charge in [0.15, 0.2) is 5.78 Å². The van der Waals surface area contributed by atoms with E-state index in [4.69, 9.17) is 4.52 Å². The van der Waals surface area contributed by atoms with Crippen LogP contribution in [0.3, 0.4) is 0 Å². The topological polar surface area (TPSA) is 96.5 Å². The molecule has 0 radical (unpaired) electrons. The van der Waals surface area contributed by atoms with Crippen LogP contribution in [0.4, 0.5) is 4.39 Å². The van der Waals surface area contributed by atoms with E-state index in [0.29, 0.717) is 5.76 Å². The van der Waals surface area contributed by atoms with Gasteiger partial charge in [-0.2, -0.15) is 0 Å². The Balaban J connectivity index is 1.51. The number of aryl methyl sites for hydroxylation is 1. The van der Waals surface area contributed by atoms with E-state index in [-0.39, 0.29) is 42.4 Å². The molecule has 3 aromatic rings. The molecule has 1 saturated heterocycles. The van der Waals surface area contributed by atoms with Gasteiger partial charge in [0.1, 0.15) is 11.7 Å². The van der Waals surface area contributed by atoms with Gasteiger partial charge in [-0.25, -0.2) is 4.98 Å². The second kappa shape index (κ2) is 11.7. The molecule has 210 valence electrons. The lowest BCUT2D eigenvalue weighted by atomic mass is 9.87. The van der Waals surface area contributed by atoms with E-state index < -0.39 is 30.7 Å². The van der Waals surface area contributed by atoms with E-state index in [1.54, 1.807) is 16.8 Å². The molecule has 1 N–H and O–H groups in total. The molecule has 0 saturated carbocycles. The smallest absolute Gasteiger partial charge is 0.234 e. The van der Waals surface area contributed by atoms with Crippen molar-refractivity contribution in [3.05, 3.63) is 58.6 Å². The van der Waals surface area contributed by atoms with E-state index in [1.165, 1.54) is 4.90 Å². The second-order valence-corrected chi connectivity index (χ2v) is 12.7. The lowest BCUT2D eigenvalue weighted by Crippen LogP contribution is -2.44. The Morgan fingerprint density at radius 1 is 1.23 bits per heavy atom. The fourth-order valence-electron chi connectivity index (χ4n) is 5.19. The monoisotopic (exact) mass is 555 g/mol. The SMILES string of the molecule is Cc1ncsc1-c1ccc(C(CF)CC(=O)C2CC(O)CN2C(=O)C(c2cc(C(C)(C)C)no2)C(C)C)cc1. The molecular weight excluding hydrogens is 517 g/mol. The summed E-state index contributed by atoms with van der Waals surface area (Å²) in [6.07, 6.45) is -0.734. The summed E-state index contributed by atoms with van der Waals surface area (Å²) in [7, 11) is 0. The molecule has 4 unspecified atom stereocenters. The number of amides is 1. The first-order valence-electron chi connectivity index (χ1n) is 13.4. The highest BCUT2D eigenvalue weighted by atomic mass is 32.1. The number of hydrogen-bond acceptors (Lipinski definition) is 7. The number of alkyl halides is 1. The summed E-state index contributed by atoms with van der Waals surface area (Å²) in [5.74, 6) is -1.48. The van der Waals surface area contributed by atoms with E-state index in [0.717, 1.165) is 27.4 Å². The van der Waals surface area contributed by atoms with Gasteiger partial charge in [-0.05, 0) is 24.0 Å². The molecule has 1 amide bonds. The number of likely N-dealkylation sites (tertiary alicyclic amines) is 1. The highest BCUT2D eigenvalue weighted by molar-refractivity contribution is 7.13. The van der Waals surface area contributed by atoms with Gasteiger partial charge in [0, 0.05) is 36.8 Å².